The molecule has 19 heavy (non-hydrogen) atoms. The normalized spacial score (nSPS) is 11.9. The summed E-state index contributed by atoms with van der Waals surface area (Å²) < 4.78 is 6.46. The summed E-state index contributed by atoms with van der Waals surface area (Å²) in [5.74, 6) is -0.636. The van der Waals surface area contributed by atoms with Gasteiger partial charge in [-0.15, -0.1) is 0 Å². The Morgan fingerprint density at radius 2 is 1.89 bits per heavy atom. The van der Waals surface area contributed by atoms with Crippen LogP contribution in [0.1, 0.15) is 28.9 Å². The average Bonchev–Trinajstić information content (AvgIpc) is 2.41. The minimum atomic E-state index is -1.00. The molecule has 1 N–H and O–H groups in total. The molecule has 98 valence electrons. The van der Waals surface area contributed by atoms with Crippen LogP contribution in [0.25, 0.3) is 0 Å². The number of rotatable bonds is 4. The number of hydrogen-bond acceptors (Lipinski definition) is 2. The molecule has 0 aromatic heterocycles. The van der Waals surface area contributed by atoms with Crippen molar-refractivity contribution >= 4 is 21.9 Å². The maximum atomic E-state index is 11.2. The van der Waals surface area contributed by atoms with Gasteiger partial charge >= 0.3 is 5.97 Å². The summed E-state index contributed by atoms with van der Waals surface area (Å²) >= 11 is 3.26. The highest BCUT2D eigenvalue weighted by atomic mass is 79.9. The van der Waals surface area contributed by atoms with Crippen molar-refractivity contribution in [2.45, 2.75) is 13.0 Å². The fourth-order valence-electron chi connectivity index (χ4n) is 1.75. The van der Waals surface area contributed by atoms with Gasteiger partial charge in [0, 0.05) is 4.47 Å². The highest BCUT2D eigenvalue weighted by Crippen LogP contribution is 2.27. The van der Waals surface area contributed by atoms with Crippen LogP contribution in [-0.4, -0.2) is 11.1 Å². The zero-order valence-electron chi connectivity index (χ0n) is 10.3. The lowest BCUT2D eigenvalue weighted by atomic mass is 10.1. The first-order valence-corrected chi connectivity index (χ1v) is 6.61. The van der Waals surface area contributed by atoms with Gasteiger partial charge in [0.15, 0.2) is 0 Å². The number of benzene rings is 2. The molecule has 2 aromatic carbocycles. The molecular weight excluding hydrogens is 308 g/mol. The van der Waals surface area contributed by atoms with Crippen molar-refractivity contribution in [1.29, 1.82) is 0 Å². The van der Waals surface area contributed by atoms with Gasteiger partial charge in [0.2, 0.25) is 0 Å². The standard InChI is InChI=1S/C15H13BrO3/c1-10(11-5-3-2-4-6-11)19-14-8-7-12(16)9-13(14)15(17)18/h2-10H,1H3,(H,17,18)/t10-/m0/s1. The van der Waals surface area contributed by atoms with Gasteiger partial charge in [-0.3, -0.25) is 0 Å². The summed E-state index contributed by atoms with van der Waals surface area (Å²) in [6.45, 7) is 1.89. The molecule has 0 aliphatic heterocycles. The molecule has 0 fully saturated rings. The third-order valence-electron chi connectivity index (χ3n) is 2.74. The lowest BCUT2D eigenvalue weighted by Crippen LogP contribution is -2.07. The van der Waals surface area contributed by atoms with Crippen LogP contribution in [0.2, 0.25) is 0 Å². The van der Waals surface area contributed by atoms with Gasteiger partial charge < -0.3 is 9.84 Å². The largest absolute Gasteiger partial charge is 0.485 e. The van der Waals surface area contributed by atoms with Gasteiger partial charge in [-0.05, 0) is 30.7 Å². The molecular formula is C15H13BrO3. The Balaban J connectivity index is 2.26. The third-order valence-corrected chi connectivity index (χ3v) is 3.24. The van der Waals surface area contributed by atoms with E-state index < -0.39 is 5.97 Å². The number of carboxylic acids is 1. The summed E-state index contributed by atoms with van der Waals surface area (Å²) in [7, 11) is 0. The second-order valence-corrected chi connectivity index (χ2v) is 5.03. The molecule has 1 atom stereocenters. The van der Waals surface area contributed by atoms with E-state index in [9.17, 15) is 9.90 Å². The predicted octanol–water partition coefficient (Wildman–Crippen LogP) is 4.29. The Hall–Kier alpha value is -1.81. The van der Waals surface area contributed by atoms with Crippen molar-refractivity contribution < 1.29 is 14.6 Å². The predicted molar refractivity (Wildman–Crippen MR) is 76.6 cm³/mol. The summed E-state index contributed by atoms with van der Waals surface area (Å²) in [6, 6.07) is 14.6. The van der Waals surface area contributed by atoms with Gasteiger partial charge in [-0.1, -0.05) is 46.3 Å². The molecule has 0 aliphatic carbocycles. The summed E-state index contributed by atoms with van der Waals surface area (Å²) in [6.07, 6.45) is -0.208. The molecule has 0 amide bonds. The van der Waals surface area contributed by atoms with E-state index in [2.05, 4.69) is 15.9 Å². The Bertz CT molecular complexity index is 581. The molecule has 0 saturated heterocycles. The van der Waals surface area contributed by atoms with Gasteiger partial charge in [0.25, 0.3) is 0 Å². The monoisotopic (exact) mass is 320 g/mol. The maximum Gasteiger partial charge on any atom is 0.339 e. The minimum absolute atomic E-state index is 0.150. The molecule has 4 heteroatoms. The van der Waals surface area contributed by atoms with Crippen molar-refractivity contribution in [3.8, 4) is 5.75 Å². The van der Waals surface area contributed by atoms with E-state index in [4.69, 9.17) is 4.74 Å². The van der Waals surface area contributed by atoms with E-state index in [-0.39, 0.29) is 11.7 Å². The third kappa shape index (κ3) is 3.35. The van der Waals surface area contributed by atoms with Crippen molar-refractivity contribution in [2.75, 3.05) is 0 Å². The quantitative estimate of drug-likeness (QED) is 0.914. The summed E-state index contributed by atoms with van der Waals surface area (Å²) in [4.78, 5) is 11.2. The van der Waals surface area contributed by atoms with E-state index in [1.54, 1.807) is 12.1 Å². The van der Waals surface area contributed by atoms with Crippen LogP contribution in [-0.2, 0) is 0 Å². The zero-order valence-corrected chi connectivity index (χ0v) is 11.9. The smallest absolute Gasteiger partial charge is 0.339 e. The van der Waals surface area contributed by atoms with Crippen molar-refractivity contribution in [3.63, 3.8) is 0 Å². The molecule has 0 unspecified atom stereocenters. The lowest BCUT2D eigenvalue weighted by molar-refractivity contribution is 0.0689. The first-order chi connectivity index (χ1) is 9.08. The van der Waals surface area contributed by atoms with Crippen molar-refractivity contribution in [2.24, 2.45) is 0 Å². The highest BCUT2D eigenvalue weighted by molar-refractivity contribution is 9.10. The molecule has 0 bridgehead atoms. The maximum absolute atomic E-state index is 11.2. The van der Waals surface area contributed by atoms with Gasteiger partial charge in [-0.25, -0.2) is 4.79 Å². The van der Waals surface area contributed by atoms with Crippen LogP contribution in [0.3, 0.4) is 0 Å². The minimum Gasteiger partial charge on any atom is -0.485 e. The Morgan fingerprint density at radius 3 is 2.53 bits per heavy atom. The Kier molecular flexibility index (Phi) is 4.22. The molecule has 0 spiro atoms. The van der Waals surface area contributed by atoms with Crippen LogP contribution in [0.15, 0.2) is 53.0 Å². The average molecular weight is 321 g/mol. The van der Waals surface area contributed by atoms with Crippen LogP contribution in [0, 0.1) is 0 Å². The number of ether oxygens (including phenoxy) is 1. The molecule has 0 heterocycles. The number of carbonyl (C=O) groups is 1. The number of hydrogen-bond donors (Lipinski definition) is 1. The second kappa shape index (κ2) is 5.89. The Labute approximate surface area is 120 Å². The molecule has 2 rings (SSSR count). The topological polar surface area (TPSA) is 46.5 Å². The summed E-state index contributed by atoms with van der Waals surface area (Å²) in [5.41, 5.74) is 1.15. The van der Waals surface area contributed by atoms with Crippen molar-refractivity contribution in [1.82, 2.24) is 0 Å². The number of halogens is 1. The van der Waals surface area contributed by atoms with Crippen molar-refractivity contribution in [3.05, 3.63) is 64.1 Å². The van der Waals surface area contributed by atoms with E-state index in [0.29, 0.717) is 10.2 Å². The van der Waals surface area contributed by atoms with Gasteiger partial charge in [0.05, 0.1) is 0 Å². The number of aromatic carboxylic acids is 1. The van der Waals surface area contributed by atoms with E-state index >= 15 is 0 Å². The molecule has 2 aromatic rings. The van der Waals surface area contributed by atoms with Crippen LogP contribution in [0.4, 0.5) is 0 Å². The molecule has 0 radical (unpaired) electrons. The molecule has 0 aliphatic rings. The van der Waals surface area contributed by atoms with E-state index in [0.717, 1.165) is 5.56 Å². The molecule has 3 nitrogen and oxygen atoms in total. The molecule has 0 saturated carbocycles. The number of carboxylic acid groups (broad SMARTS) is 1. The van der Waals surface area contributed by atoms with Gasteiger partial charge in [0.1, 0.15) is 17.4 Å². The fraction of sp³-hybridized carbons (Fsp3) is 0.133. The fourth-order valence-corrected chi connectivity index (χ4v) is 2.12. The lowest BCUT2D eigenvalue weighted by Gasteiger charge is -2.16. The van der Waals surface area contributed by atoms with E-state index in [1.165, 1.54) is 6.07 Å². The SMILES string of the molecule is C[C@H](Oc1ccc(Br)cc1C(=O)O)c1ccccc1. The first-order valence-electron chi connectivity index (χ1n) is 5.82. The zero-order chi connectivity index (χ0) is 13.8. The second-order valence-electron chi connectivity index (χ2n) is 4.12. The Morgan fingerprint density at radius 1 is 1.21 bits per heavy atom. The van der Waals surface area contributed by atoms with Gasteiger partial charge in [-0.2, -0.15) is 0 Å². The van der Waals surface area contributed by atoms with Crippen LogP contribution >= 0.6 is 15.9 Å². The van der Waals surface area contributed by atoms with Crippen LogP contribution in [0.5, 0.6) is 5.75 Å². The van der Waals surface area contributed by atoms with Crippen LogP contribution < -0.4 is 4.74 Å². The first kappa shape index (κ1) is 13.6. The summed E-state index contributed by atoms with van der Waals surface area (Å²) in [5, 5.41) is 9.17. The highest BCUT2D eigenvalue weighted by Gasteiger charge is 2.15. The van der Waals surface area contributed by atoms with E-state index in [1.807, 2.05) is 37.3 Å².